The molecular formula is C13H10FNO3. The summed E-state index contributed by atoms with van der Waals surface area (Å²) in [5.74, 6) is -1.22. The second-order valence-corrected chi connectivity index (χ2v) is 3.69. The number of hydrogen-bond donors (Lipinski definition) is 1. The number of aromatic nitrogens is 1. The van der Waals surface area contributed by atoms with Crippen LogP contribution in [-0.4, -0.2) is 16.1 Å². The number of aryl methyl sites for hydroxylation is 1. The van der Waals surface area contributed by atoms with E-state index in [2.05, 4.69) is 4.98 Å². The lowest BCUT2D eigenvalue weighted by atomic mass is 10.2. The Morgan fingerprint density at radius 2 is 2.11 bits per heavy atom. The Kier molecular flexibility index (Phi) is 3.23. The lowest BCUT2D eigenvalue weighted by molar-refractivity contribution is 0.0694. The number of carboxylic acid groups (broad SMARTS) is 1. The molecule has 0 amide bonds. The first-order chi connectivity index (χ1) is 8.58. The van der Waals surface area contributed by atoms with E-state index in [1.807, 2.05) is 0 Å². The van der Waals surface area contributed by atoms with Crippen molar-refractivity contribution in [2.45, 2.75) is 6.92 Å². The Hall–Kier alpha value is -2.43. The molecular weight excluding hydrogens is 237 g/mol. The highest BCUT2D eigenvalue weighted by Gasteiger charge is 2.13. The van der Waals surface area contributed by atoms with Crippen LogP contribution in [0, 0.1) is 12.7 Å². The molecule has 0 saturated carbocycles. The summed E-state index contributed by atoms with van der Waals surface area (Å²) in [5, 5.41) is 8.99. The minimum atomic E-state index is -1.12. The van der Waals surface area contributed by atoms with Crippen LogP contribution >= 0.6 is 0 Å². The monoisotopic (exact) mass is 247 g/mol. The highest BCUT2D eigenvalue weighted by molar-refractivity contribution is 5.90. The lowest BCUT2D eigenvalue weighted by Gasteiger charge is -2.10. The standard InChI is InChI=1S/C13H10FNO3/c1-8-2-3-9(14)6-11(8)18-12-7-15-5-4-10(12)13(16)17/h2-7H,1H3,(H,16,17). The van der Waals surface area contributed by atoms with Gasteiger partial charge in [0.05, 0.1) is 6.20 Å². The van der Waals surface area contributed by atoms with Crippen molar-refractivity contribution in [2.24, 2.45) is 0 Å². The van der Waals surface area contributed by atoms with E-state index in [1.165, 1.54) is 30.6 Å². The van der Waals surface area contributed by atoms with Crippen molar-refractivity contribution in [3.05, 3.63) is 53.6 Å². The Bertz CT molecular complexity index is 599. The number of hydrogen-bond acceptors (Lipinski definition) is 3. The quantitative estimate of drug-likeness (QED) is 0.905. The molecule has 0 bridgehead atoms. The topological polar surface area (TPSA) is 59.4 Å². The van der Waals surface area contributed by atoms with Crippen LogP contribution in [-0.2, 0) is 0 Å². The van der Waals surface area contributed by atoms with Crippen LogP contribution in [0.5, 0.6) is 11.5 Å². The molecule has 0 unspecified atom stereocenters. The molecule has 1 heterocycles. The Balaban J connectivity index is 2.40. The highest BCUT2D eigenvalue weighted by Crippen LogP contribution is 2.27. The van der Waals surface area contributed by atoms with Crippen molar-refractivity contribution in [3.8, 4) is 11.5 Å². The first kappa shape index (κ1) is 12.0. The van der Waals surface area contributed by atoms with Crippen LogP contribution in [0.3, 0.4) is 0 Å². The molecule has 0 atom stereocenters. The summed E-state index contributed by atoms with van der Waals surface area (Å²) in [5.41, 5.74) is 0.685. The first-order valence-electron chi connectivity index (χ1n) is 5.19. The average Bonchev–Trinajstić information content (AvgIpc) is 2.34. The maximum absolute atomic E-state index is 13.1. The van der Waals surface area contributed by atoms with Gasteiger partial charge in [0.25, 0.3) is 0 Å². The van der Waals surface area contributed by atoms with Crippen LogP contribution in [0.1, 0.15) is 15.9 Å². The second-order valence-electron chi connectivity index (χ2n) is 3.69. The molecule has 0 aliphatic rings. The Morgan fingerprint density at radius 3 is 2.83 bits per heavy atom. The molecule has 1 aromatic heterocycles. The van der Waals surface area contributed by atoms with E-state index < -0.39 is 11.8 Å². The van der Waals surface area contributed by atoms with E-state index in [0.717, 1.165) is 0 Å². The zero-order chi connectivity index (χ0) is 13.1. The van der Waals surface area contributed by atoms with Gasteiger partial charge in [0.2, 0.25) is 0 Å². The van der Waals surface area contributed by atoms with Gasteiger partial charge in [-0.3, -0.25) is 4.98 Å². The zero-order valence-corrected chi connectivity index (χ0v) is 9.55. The van der Waals surface area contributed by atoms with Gasteiger partial charge in [-0.2, -0.15) is 0 Å². The summed E-state index contributed by atoms with van der Waals surface area (Å²) < 4.78 is 18.5. The molecule has 5 heteroatoms. The van der Waals surface area contributed by atoms with Crippen molar-refractivity contribution < 1.29 is 19.0 Å². The normalized spacial score (nSPS) is 10.1. The summed E-state index contributed by atoms with van der Waals surface area (Å²) in [7, 11) is 0. The maximum Gasteiger partial charge on any atom is 0.339 e. The van der Waals surface area contributed by atoms with Gasteiger partial charge >= 0.3 is 5.97 Å². The molecule has 1 N–H and O–H groups in total. The summed E-state index contributed by atoms with van der Waals surface area (Å²) in [6, 6.07) is 5.39. The fourth-order valence-electron chi connectivity index (χ4n) is 1.44. The summed E-state index contributed by atoms with van der Waals surface area (Å²) in [6.45, 7) is 1.74. The van der Waals surface area contributed by atoms with Crippen LogP contribution in [0.4, 0.5) is 4.39 Å². The fraction of sp³-hybridized carbons (Fsp3) is 0.0769. The second kappa shape index (κ2) is 4.83. The van der Waals surface area contributed by atoms with Gasteiger partial charge in [0, 0.05) is 12.3 Å². The molecule has 1 aromatic carbocycles. The predicted molar refractivity (Wildman–Crippen MR) is 62.4 cm³/mol. The average molecular weight is 247 g/mol. The maximum atomic E-state index is 13.1. The SMILES string of the molecule is Cc1ccc(F)cc1Oc1cnccc1C(=O)O. The van der Waals surface area contributed by atoms with Crippen molar-refractivity contribution >= 4 is 5.97 Å². The van der Waals surface area contributed by atoms with Crippen LogP contribution < -0.4 is 4.74 Å². The number of carbonyl (C=O) groups is 1. The molecule has 92 valence electrons. The minimum Gasteiger partial charge on any atom is -0.478 e. The number of rotatable bonds is 3. The number of carboxylic acids is 1. The highest BCUT2D eigenvalue weighted by atomic mass is 19.1. The van der Waals surface area contributed by atoms with E-state index in [4.69, 9.17) is 9.84 Å². The molecule has 0 fully saturated rings. The van der Waals surface area contributed by atoms with Gasteiger partial charge in [-0.25, -0.2) is 9.18 Å². The third-order valence-corrected chi connectivity index (χ3v) is 2.39. The predicted octanol–water partition coefficient (Wildman–Crippen LogP) is 3.02. The molecule has 0 aliphatic carbocycles. The number of aromatic carboxylic acids is 1. The lowest BCUT2D eigenvalue weighted by Crippen LogP contribution is -2.01. The minimum absolute atomic E-state index is 0.0198. The molecule has 18 heavy (non-hydrogen) atoms. The van der Waals surface area contributed by atoms with Gasteiger partial charge in [0.15, 0.2) is 5.75 Å². The number of halogens is 1. The Morgan fingerprint density at radius 1 is 1.33 bits per heavy atom. The van der Waals surface area contributed by atoms with E-state index in [0.29, 0.717) is 5.56 Å². The van der Waals surface area contributed by atoms with E-state index in [1.54, 1.807) is 13.0 Å². The fourth-order valence-corrected chi connectivity index (χ4v) is 1.44. The van der Waals surface area contributed by atoms with E-state index in [-0.39, 0.29) is 17.1 Å². The van der Waals surface area contributed by atoms with Crippen LogP contribution in [0.25, 0.3) is 0 Å². The molecule has 0 spiro atoms. The van der Waals surface area contributed by atoms with Gasteiger partial charge in [-0.1, -0.05) is 6.07 Å². The van der Waals surface area contributed by atoms with Crippen LogP contribution in [0.2, 0.25) is 0 Å². The number of pyridine rings is 1. The van der Waals surface area contributed by atoms with Gasteiger partial charge in [-0.15, -0.1) is 0 Å². The molecule has 0 radical (unpaired) electrons. The van der Waals surface area contributed by atoms with Crippen LogP contribution in [0.15, 0.2) is 36.7 Å². The van der Waals surface area contributed by atoms with E-state index >= 15 is 0 Å². The summed E-state index contributed by atoms with van der Waals surface area (Å²) >= 11 is 0. The number of ether oxygens (including phenoxy) is 1. The zero-order valence-electron chi connectivity index (χ0n) is 9.55. The summed E-state index contributed by atoms with van der Waals surface area (Å²) in [6.07, 6.45) is 2.64. The van der Waals surface area contributed by atoms with Crippen molar-refractivity contribution in [1.29, 1.82) is 0 Å². The van der Waals surface area contributed by atoms with E-state index in [9.17, 15) is 9.18 Å². The van der Waals surface area contributed by atoms with Gasteiger partial charge < -0.3 is 9.84 Å². The summed E-state index contributed by atoms with van der Waals surface area (Å²) in [4.78, 5) is 14.8. The largest absolute Gasteiger partial charge is 0.478 e. The van der Waals surface area contributed by atoms with Crippen molar-refractivity contribution in [1.82, 2.24) is 4.98 Å². The third kappa shape index (κ3) is 2.45. The van der Waals surface area contributed by atoms with Crippen molar-refractivity contribution in [3.63, 3.8) is 0 Å². The molecule has 2 aromatic rings. The molecule has 2 rings (SSSR count). The third-order valence-electron chi connectivity index (χ3n) is 2.39. The molecule has 4 nitrogen and oxygen atoms in total. The van der Waals surface area contributed by atoms with Gasteiger partial charge in [0.1, 0.15) is 17.1 Å². The molecule has 0 saturated heterocycles. The first-order valence-corrected chi connectivity index (χ1v) is 5.19. The van der Waals surface area contributed by atoms with Gasteiger partial charge in [-0.05, 0) is 24.6 Å². The van der Waals surface area contributed by atoms with Crippen molar-refractivity contribution in [2.75, 3.05) is 0 Å². The Labute approximate surface area is 103 Å². The number of benzene rings is 1. The molecule has 0 aliphatic heterocycles. The smallest absolute Gasteiger partial charge is 0.339 e. The number of nitrogens with zero attached hydrogens (tertiary/aromatic N) is 1.